The van der Waals surface area contributed by atoms with Gasteiger partial charge in [-0.25, -0.2) is 9.78 Å². The van der Waals surface area contributed by atoms with E-state index in [0.717, 1.165) is 4.90 Å². The van der Waals surface area contributed by atoms with Gasteiger partial charge in [0.1, 0.15) is 24.7 Å². The highest BCUT2D eigenvalue weighted by Gasteiger charge is 2.48. The Morgan fingerprint density at radius 2 is 1.77 bits per heavy atom. The second kappa shape index (κ2) is 9.21. The number of aromatic amines is 1. The molecule has 1 saturated heterocycles. The van der Waals surface area contributed by atoms with E-state index in [1.54, 1.807) is 42.5 Å². The zero-order chi connectivity index (χ0) is 27.3. The largest absolute Gasteiger partial charge is 0.507 e. The monoisotopic (exact) mass is 527 g/mol. The highest BCUT2D eigenvalue weighted by Crippen LogP contribution is 2.43. The number of hydrogen-bond donors (Lipinski definition) is 3. The number of carbonyl (C=O) groups is 3. The topological polar surface area (TPSA) is 151 Å². The Bertz CT molecular complexity index is 1710. The molecular formula is C28H21N3O8. The first-order valence-electron chi connectivity index (χ1n) is 11.9. The number of benzene rings is 3. The van der Waals surface area contributed by atoms with Gasteiger partial charge in [0.15, 0.2) is 11.5 Å². The van der Waals surface area contributed by atoms with E-state index in [2.05, 4.69) is 9.97 Å². The Morgan fingerprint density at radius 3 is 2.54 bits per heavy atom. The van der Waals surface area contributed by atoms with Crippen LogP contribution in [0.5, 0.6) is 17.2 Å². The molecule has 11 nitrogen and oxygen atoms in total. The van der Waals surface area contributed by atoms with Crippen LogP contribution < -0.4 is 19.1 Å². The van der Waals surface area contributed by atoms with Gasteiger partial charge in [-0.3, -0.25) is 14.5 Å². The average Bonchev–Trinajstić information content (AvgIpc) is 3.49. The van der Waals surface area contributed by atoms with E-state index in [4.69, 9.17) is 14.2 Å². The molecule has 1 amide bonds. The summed E-state index contributed by atoms with van der Waals surface area (Å²) in [4.78, 5) is 47.0. The number of aromatic carboxylic acids is 1. The molecule has 39 heavy (non-hydrogen) atoms. The molecule has 3 aromatic carbocycles. The molecule has 0 radical (unpaired) electrons. The van der Waals surface area contributed by atoms with E-state index in [0.29, 0.717) is 47.1 Å². The lowest BCUT2D eigenvalue weighted by atomic mass is 9.95. The number of imidazole rings is 1. The SMILES string of the molecule is COc1cccc(C2/C(=C(\O)c3ccc4c(c3)OCCO4)C(=O)C(=O)N2c2nc3ccc(C(=O)O)cc3[nH]2)c1. The predicted octanol–water partition coefficient (Wildman–Crippen LogP) is 3.67. The molecule has 196 valence electrons. The summed E-state index contributed by atoms with van der Waals surface area (Å²) in [6, 6.07) is 14.7. The van der Waals surface area contributed by atoms with Crippen molar-refractivity contribution in [3.05, 3.63) is 82.9 Å². The molecule has 1 aromatic heterocycles. The number of carbonyl (C=O) groups excluding carboxylic acids is 2. The van der Waals surface area contributed by atoms with Crippen LogP contribution in [0, 0.1) is 0 Å². The van der Waals surface area contributed by atoms with Crippen molar-refractivity contribution in [2.75, 3.05) is 25.2 Å². The first-order chi connectivity index (χ1) is 18.9. The molecular weight excluding hydrogens is 506 g/mol. The van der Waals surface area contributed by atoms with Crippen LogP contribution in [0.4, 0.5) is 5.95 Å². The first-order valence-corrected chi connectivity index (χ1v) is 11.9. The summed E-state index contributed by atoms with van der Waals surface area (Å²) in [7, 11) is 1.49. The number of nitrogens with zero attached hydrogens (tertiary/aromatic N) is 2. The van der Waals surface area contributed by atoms with Crippen molar-refractivity contribution in [2.24, 2.45) is 0 Å². The Hall–Kier alpha value is -5.32. The quantitative estimate of drug-likeness (QED) is 0.201. The van der Waals surface area contributed by atoms with E-state index >= 15 is 0 Å². The standard InChI is InChI=1S/C28H21N3O8/c1-37-17-4-2-3-14(11-17)23-22(24(32)15-6-8-20-21(13-15)39-10-9-38-20)25(33)26(34)31(23)28-29-18-7-5-16(27(35)36)12-19(18)30-28/h2-8,11-13,23,32H,9-10H2,1H3,(H,29,30)(H,35,36)/b24-22+. The minimum atomic E-state index is -1.12. The number of carboxylic acid groups (broad SMARTS) is 1. The number of aliphatic hydroxyl groups is 1. The van der Waals surface area contributed by atoms with Crippen molar-refractivity contribution in [3.8, 4) is 17.2 Å². The molecule has 2 aliphatic heterocycles. The minimum Gasteiger partial charge on any atom is -0.507 e. The lowest BCUT2D eigenvalue weighted by Gasteiger charge is -2.23. The molecule has 2 aliphatic rings. The summed E-state index contributed by atoms with van der Waals surface area (Å²) >= 11 is 0. The summed E-state index contributed by atoms with van der Waals surface area (Å²) in [6.45, 7) is 0.728. The zero-order valence-electron chi connectivity index (χ0n) is 20.5. The van der Waals surface area contributed by atoms with Crippen LogP contribution in [0.25, 0.3) is 16.8 Å². The van der Waals surface area contributed by atoms with Crippen LogP contribution in [0.2, 0.25) is 0 Å². The molecule has 1 unspecified atom stereocenters. The smallest absolute Gasteiger partial charge is 0.335 e. The van der Waals surface area contributed by atoms with Crippen molar-refractivity contribution in [1.29, 1.82) is 0 Å². The number of Topliss-reactive ketones (excluding diaryl/α,β-unsaturated/α-hetero) is 1. The summed E-state index contributed by atoms with van der Waals surface area (Å²) in [5.74, 6) is -1.94. The van der Waals surface area contributed by atoms with Crippen LogP contribution >= 0.6 is 0 Å². The van der Waals surface area contributed by atoms with Gasteiger partial charge < -0.3 is 29.4 Å². The van der Waals surface area contributed by atoms with Crippen LogP contribution in [0.3, 0.4) is 0 Å². The Balaban J connectivity index is 1.53. The van der Waals surface area contributed by atoms with Gasteiger partial charge in [-0.05, 0) is 54.1 Å². The van der Waals surface area contributed by atoms with Crippen molar-refractivity contribution < 1.29 is 38.8 Å². The first kappa shape index (κ1) is 24.0. The number of ether oxygens (including phenoxy) is 3. The Kier molecular flexibility index (Phi) is 5.68. The van der Waals surface area contributed by atoms with Crippen molar-refractivity contribution >= 4 is 40.4 Å². The second-order valence-corrected chi connectivity index (χ2v) is 8.90. The molecule has 0 saturated carbocycles. The van der Waals surface area contributed by atoms with Crippen molar-refractivity contribution in [2.45, 2.75) is 6.04 Å². The molecule has 3 heterocycles. The highest BCUT2D eigenvalue weighted by atomic mass is 16.6. The van der Waals surface area contributed by atoms with Gasteiger partial charge in [-0.2, -0.15) is 0 Å². The Morgan fingerprint density at radius 1 is 1.00 bits per heavy atom. The number of hydrogen-bond acceptors (Lipinski definition) is 8. The van der Waals surface area contributed by atoms with E-state index in [1.165, 1.54) is 25.3 Å². The molecule has 11 heteroatoms. The van der Waals surface area contributed by atoms with Gasteiger partial charge in [0.25, 0.3) is 5.78 Å². The molecule has 1 fully saturated rings. The number of anilines is 1. The van der Waals surface area contributed by atoms with Gasteiger partial charge in [0.2, 0.25) is 5.95 Å². The third-order valence-electron chi connectivity index (χ3n) is 6.61. The number of rotatable bonds is 5. The summed E-state index contributed by atoms with van der Waals surface area (Å²) in [5.41, 5.74) is 1.38. The molecule has 0 bridgehead atoms. The number of methoxy groups -OCH3 is 1. The maximum atomic E-state index is 13.5. The number of H-pyrrole nitrogens is 1. The molecule has 0 spiro atoms. The lowest BCUT2D eigenvalue weighted by molar-refractivity contribution is -0.132. The zero-order valence-corrected chi connectivity index (χ0v) is 20.5. The number of nitrogens with one attached hydrogen (secondary N) is 1. The van der Waals surface area contributed by atoms with Gasteiger partial charge in [0.05, 0.1) is 35.3 Å². The molecule has 3 N–H and O–H groups in total. The van der Waals surface area contributed by atoms with E-state index in [9.17, 15) is 24.6 Å². The molecule has 0 aliphatic carbocycles. The number of ketones is 1. The lowest BCUT2D eigenvalue weighted by Crippen LogP contribution is -2.30. The second-order valence-electron chi connectivity index (χ2n) is 8.90. The van der Waals surface area contributed by atoms with Crippen molar-refractivity contribution in [3.63, 3.8) is 0 Å². The third kappa shape index (κ3) is 4.00. The van der Waals surface area contributed by atoms with E-state index < -0.39 is 29.5 Å². The number of amides is 1. The average molecular weight is 527 g/mol. The number of fused-ring (bicyclic) bond motifs is 2. The number of aliphatic hydroxyl groups excluding tert-OH is 1. The fourth-order valence-electron chi connectivity index (χ4n) is 4.77. The van der Waals surface area contributed by atoms with Crippen molar-refractivity contribution in [1.82, 2.24) is 9.97 Å². The van der Waals surface area contributed by atoms with Gasteiger partial charge in [-0.15, -0.1) is 0 Å². The van der Waals surface area contributed by atoms with Crippen LogP contribution in [0.15, 0.2) is 66.2 Å². The fraction of sp³-hybridized carbons (Fsp3) is 0.143. The highest BCUT2D eigenvalue weighted by molar-refractivity contribution is 6.51. The molecule has 1 atom stereocenters. The molecule has 6 rings (SSSR count). The van der Waals surface area contributed by atoms with Crippen LogP contribution in [-0.2, 0) is 9.59 Å². The van der Waals surface area contributed by atoms with Gasteiger partial charge in [-0.1, -0.05) is 12.1 Å². The predicted molar refractivity (Wildman–Crippen MR) is 138 cm³/mol. The number of carboxylic acids is 1. The maximum absolute atomic E-state index is 13.5. The van der Waals surface area contributed by atoms with Crippen LogP contribution in [0.1, 0.15) is 27.5 Å². The van der Waals surface area contributed by atoms with E-state index in [1.807, 2.05) is 0 Å². The fourth-order valence-corrected chi connectivity index (χ4v) is 4.77. The Labute approximate surface area is 220 Å². The van der Waals surface area contributed by atoms with Gasteiger partial charge in [0, 0.05) is 5.56 Å². The molecule has 4 aromatic rings. The summed E-state index contributed by atoms with van der Waals surface area (Å²) in [5, 5.41) is 20.8. The van der Waals surface area contributed by atoms with Gasteiger partial charge >= 0.3 is 11.9 Å². The van der Waals surface area contributed by atoms with E-state index in [-0.39, 0.29) is 22.6 Å². The summed E-state index contributed by atoms with van der Waals surface area (Å²) < 4.78 is 16.5. The summed E-state index contributed by atoms with van der Waals surface area (Å²) in [6.07, 6.45) is 0. The normalized spacial score (nSPS) is 18.0. The maximum Gasteiger partial charge on any atom is 0.335 e. The number of aromatic nitrogens is 2. The third-order valence-corrected chi connectivity index (χ3v) is 6.61. The minimum absolute atomic E-state index is 0.0173. The van der Waals surface area contributed by atoms with Crippen LogP contribution in [-0.4, -0.2) is 58.2 Å².